The minimum absolute atomic E-state index is 0.0136. The molecule has 154 valence electrons. The third-order valence-corrected chi connectivity index (χ3v) is 6.66. The van der Waals surface area contributed by atoms with Gasteiger partial charge in [-0.25, -0.2) is 4.98 Å². The molecule has 2 unspecified atom stereocenters. The zero-order valence-electron chi connectivity index (χ0n) is 17.2. The molecule has 1 saturated carbocycles. The molecule has 6 heteroatoms. The summed E-state index contributed by atoms with van der Waals surface area (Å²) in [7, 11) is 0. The summed E-state index contributed by atoms with van der Waals surface area (Å²) in [5.41, 5.74) is 3.37. The molecule has 5 rings (SSSR count). The summed E-state index contributed by atoms with van der Waals surface area (Å²) < 4.78 is 2.20. The van der Waals surface area contributed by atoms with Crippen molar-refractivity contribution in [3.8, 4) is 5.82 Å². The lowest BCUT2D eigenvalue weighted by Gasteiger charge is -2.37. The third-order valence-electron chi connectivity index (χ3n) is 6.33. The number of aromatic nitrogens is 3. The van der Waals surface area contributed by atoms with Crippen molar-refractivity contribution >= 4 is 17.3 Å². The van der Waals surface area contributed by atoms with Crippen LogP contribution in [0.3, 0.4) is 0 Å². The lowest BCUT2D eigenvalue weighted by molar-refractivity contribution is 0.193. The molecule has 0 radical (unpaired) electrons. The molecule has 0 bridgehead atoms. The van der Waals surface area contributed by atoms with Crippen molar-refractivity contribution in [2.75, 3.05) is 0 Å². The number of pyridine rings is 2. The molecule has 2 atom stereocenters. The highest BCUT2D eigenvalue weighted by molar-refractivity contribution is 7.80. The van der Waals surface area contributed by atoms with Gasteiger partial charge in [0.2, 0.25) is 0 Å². The number of nitrogens with one attached hydrogen (secondary N) is 1. The first kappa shape index (κ1) is 19.2. The molecular weight excluding hydrogens is 390 g/mol. The highest BCUT2D eigenvalue weighted by Gasteiger charge is 2.44. The zero-order chi connectivity index (χ0) is 20.5. The van der Waals surface area contributed by atoms with Crippen molar-refractivity contribution in [3.05, 3.63) is 78.0 Å². The molecule has 1 aliphatic carbocycles. The Morgan fingerprint density at radius 3 is 2.60 bits per heavy atom. The number of aryl methyl sites for hydroxylation is 1. The summed E-state index contributed by atoms with van der Waals surface area (Å²) in [6.07, 6.45) is 12.1. The van der Waals surface area contributed by atoms with Crippen molar-refractivity contribution < 1.29 is 0 Å². The van der Waals surface area contributed by atoms with Gasteiger partial charge in [0, 0.05) is 30.3 Å². The first-order valence-corrected chi connectivity index (χ1v) is 11.2. The van der Waals surface area contributed by atoms with Gasteiger partial charge in [-0.1, -0.05) is 31.4 Å². The lowest BCUT2D eigenvalue weighted by Crippen LogP contribution is -2.40. The molecule has 3 aromatic rings. The van der Waals surface area contributed by atoms with Crippen LogP contribution in [0.25, 0.3) is 5.82 Å². The van der Waals surface area contributed by atoms with E-state index in [2.05, 4.69) is 68.2 Å². The van der Waals surface area contributed by atoms with Gasteiger partial charge < -0.3 is 14.8 Å². The summed E-state index contributed by atoms with van der Waals surface area (Å²) in [4.78, 5) is 11.8. The zero-order valence-corrected chi connectivity index (χ0v) is 18.1. The van der Waals surface area contributed by atoms with Gasteiger partial charge in [0.05, 0.1) is 17.8 Å². The molecule has 1 saturated heterocycles. The van der Waals surface area contributed by atoms with Gasteiger partial charge in [-0.15, -0.1) is 0 Å². The fraction of sp³-hybridized carbons (Fsp3) is 0.375. The first-order valence-electron chi connectivity index (χ1n) is 10.8. The van der Waals surface area contributed by atoms with Gasteiger partial charge >= 0.3 is 0 Å². The average Bonchev–Trinajstić information content (AvgIpc) is 3.40. The van der Waals surface area contributed by atoms with Crippen LogP contribution in [0.2, 0.25) is 0 Å². The smallest absolute Gasteiger partial charge is 0.170 e. The summed E-state index contributed by atoms with van der Waals surface area (Å²) in [6.45, 7) is 2.06. The van der Waals surface area contributed by atoms with Crippen LogP contribution in [-0.4, -0.2) is 30.6 Å². The van der Waals surface area contributed by atoms with E-state index in [9.17, 15) is 0 Å². The van der Waals surface area contributed by atoms with Gasteiger partial charge in [0.25, 0.3) is 0 Å². The quantitative estimate of drug-likeness (QED) is 0.613. The Morgan fingerprint density at radius 1 is 1.00 bits per heavy atom. The van der Waals surface area contributed by atoms with Crippen LogP contribution in [0.4, 0.5) is 0 Å². The van der Waals surface area contributed by atoms with E-state index in [1.54, 1.807) is 0 Å². The highest BCUT2D eigenvalue weighted by Crippen LogP contribution is 2.42. The van der Waals surface area contributed by atoms with Gasteiger partial charge in [-0.3, -0.25) is 4.98 Å². The molecule has 5 nitrogen and oxygen atoms in total. The Balaban J connectivity index is 1.60. The predicted octanol–water partition coefficient (Wildman–Crippen LogP) is 4.88. The standard InChI is InChI=1S/C24H27N5S/c1-17-12-13-21(26-16-17)28-15-7-11-20(28)23-22(19-10-5-6-14-25-19)27-24(30)29(23)18-8-3-2-4-9-18/h5-7,10-16,18,22-23H,2-4,8-9H2,1H3,(H,27,30). The molecule has 2 fully saturated rings. The molecule has 30 heavy (non-hydrogen) atoms. The van der Waals surface area contributed by atoms with Crippen molar-refractivity contribution in [1.29, 1.82) is 0 Å². The van der Waals surface area contributed by atoms with Crippen molar-refractivity contribution in [3.63, 3.8) is 0 Å². The molecule has 4 heterocycles. The fourth-order valence-corrected chi connectivity index (χ4v) is 5.27. The van der Waals surface area contributed by atoms with Crippen LogP contribution < -0.4 is 5.32 Å². The molecule has 0 spiro atoms. The predicted molar refractivity (Wildman–Crippen MR) is 122 cm³/mol. The second-order valence-corrected chi connectivity index (χ2v) is 8.71. The van der Waals surface area contributed by atoms with Gasteiger partial charge in [-0.2, -0.15) is 0 Å². The number of thiocarbonyl (C=S) groups is 1. The summed E-state index contributed by atoms with van der Waals surface area (Å²) in [5, 5.41) is 4.44. The Morgan fingerprint density at radius 2 is 1.87 bits per heavy atom. The van der Waals surface area contributed by atoms with Crippen LogP contribution in [0.15, 0.2) is 61.1 Å². The van der Waals surface area contributed by atoms with E-state index >= 15 is 0 Å². The second-order valence-electron chi connectivity index (χ2n) is 8.32. The van der Waals surface area contributed by atoms with Crippen molar-refractivity contribution in [1.82, 2.24) is 24.8 Å². The Labute approximate surface area is 183 Å². The maximum atomic E-state index is 5.89. The van der Waals surface area contributed by atoms with E-state index in [0.29, 0.717) is 6.04 Å². The van der Waals surface area contributed by atoms with E-state index in [1.165, 1.54) is 37.8 Å². The van der Waals surface area contributed by atoms with E-state index in [-0.39, 0.29) is 12.1 Å². The SMILES string of the molecule is Cc1ccc(-n2cccc2C2C(c3ccccn3)NC(=S)N2C2CCCCC2)nc1. The average molecular weight is 418 g/mol. The molecule has 0 amide bonds. The molecule has 1 N–H and O–H groups in total. The second kappa shape index (κ2) is 8.19. The maximum absolute atomic E-state index is 5.89. The van der Waals surface area contributed by atoms with Crippen LogP contribution in [-0.2, 0) is 0 Å². The summed E-state index contributed by atoms with van der Waals surface area (Å²) in [5.74, 6) is 0.932. The van der Waals surface area contributed by atoms with Crippen LogP contribution in [0.5, 0.6) is 0 Å². The lowest BCUT2D eigenvalue weighted by atomic mass is 9.92. The first-order chi connectivity index (χ1) is 14.7. The minimum Gasteiger partial charge on any atom is -0.352 e. The van der Waals surface area contributed by atoms with E-state index in [1.807, 2.05) is 24.5 Å². The molecular formula is C24H27N5S. The van der Waals surface area contributed by atoms with E-state index in [0.717, 1.165) is 22.2 Å². The Kier molecular flexibility index (Phi) is 5.25. The van der Waals surface area contributed by atoms with Crippen molar-refractivity contribution in [2.24, 2.45) is 0 Å². The topological polar surface area (TPSA) is 46.0 Å². The number of hydrogen-bond acceptors (Lipinski definition) is 3. The van der Waals surface area contributed by atoms with E-state index < -0.39 is 0 Å². The highest BCUT2D eigenvalue weighted by atomic mass is 32.1. The molecule has 1 aliphatic heterocycles. The van der Waals surface area contributed by atoms with Crippen molar-refractivity contribution in [2.45, 2.75) is 57.2 Å². The van der Waals surface area contributed by atoms with Gasteiger partial charge in [-0.05, 0) is 67.9 Å². The molecule has 3 aromatic heterocycles. The third kappa shape index (κ3) is 3.49. The molecule has 2 aliphatic rings. The van der Waals surface area contributed by atoms with Gasteiger partial charge in [0.1, 0.15) is 5.82 Å². The maximum Gasteiger partial charge on any atom is 0.170 e. The largest absolute Gasteiger partial charge is 0.352 e. The van der Waals surface area contributed by atoms with Crippen LogP contribution in [0.1, 0.15) is 61.1 Å². The monoisotopic (exact) mass is 417 g/mol. The number of rotatable bonds is 4. The van der Waals surface area contributed by atoms with E-state index in [4.69, 9.17) is 12.2 Å². The number of hydrogen-bond donors (Lipinski definition) is 1. The summed E-state index contributed by atoms with van der Waals surface area (Å²) in [6, 6.07) is 15.2. The Bertz CT molecular complexity index is 1010. The number of nitrogens with zero attached hydrogens (tertiary/aromatic N) is 4. The Hall–Kier alpha value is -2.73. The van der Waals surface area contributed by atoms with Crippen LogP contribution in [0, 0.1) is 6.92 Å². The molecule has 0 aromatic carbocycles. The normalized spacial score (nSPS) is 22.3. The van der Waals surface area contributed by atoms with Gasteiger partial charge in [0.15, 0.2) is 5.11 Å². The summed E-state index contributed by atoms with van der Waals surface area (Å²) >= 11 is 5.89. The fourth-order valence-electron chi connectivity index (χ4n) is 4.88. The van der Waals surface area contributed by atoms with Crippen LogP contribution >= 0.6 is 12.2 Å². The minimum atomic E-state index is 0.0136.